The minimum Gasteiger partial charge on any atom is -0.493 e. The molecule has 2 aromatic heterocycles. The van der Waals surface area contributed by atoms with Crippen molar-refractivity contribution >= 4 is 9.84 Å². The van der Waals surface area contributed by atoms with Crippen molar-refractivity contribution in [2.24, 2.45) is 0 Å². The average Bonchev–Trinajstić information content (AvgIpc) is 3.19. The Kier molecular flexibility index (Phi) is 8.10. The van der Waals surface area contributed by atoms with Gasteiger partial charge in [0.05, 0.1) is 36.7 Å². The van der Waals surface area contributed by atoms with Crippen molar-refractivity contribution in [3.63, 3.8) is 0 Å². The predicted molar refractivity (Wildman–Crippen MR) is 136 cm³/mol. The fourth-order valence-corrected chi connectivity index (χ4v) is 5.67. The summed E-state index contributed by atoms with van der Waals surface area (Å²) in [5.74, 6) is 1.83. The molecule has 0 fully saturated rings. The number of aryl methyl sites for hydroxylation is 1. The fourth-order valence-electron chi connectivity index (χ4n) is 4.28. The smallest absolute Gasteiger partial charge is 0.172 e. The molecule has 0 radical (unpaired) electrons. The van der Waals surface area contributed by atoms with E-state index in [2.05, 4.69) is 20.2 Å². The molecular weight excluding hydrogens is 498 g/mol. The van der Waals surface area contributed by atoms with Crippen LogP contribution in [0.2, 0.25) is 0 Å². The van der Waals surface area contributed by atoms with E-state index in [-0.39, 0.29) is 36.9 Å². The Hall–Kier alpha value is -3.09. The Morgan fingerprint density at radius 2 is 1.86 bits per heavy atom. The quantitative estimate of drug-likeness (QED) is 0.385. The second-order valence-corrected chi connectivity index (χ2v) is 11.7. The molecular formula is C25H33N5O6S. The highest BCUT2D eigenvalue weighted by atomic mass is 32.2. The highest BCUT2D eigenvalue weighted by molar-refractivity contribution is 7.91. The number of benzene rings is 1. The molecule has 11 nitrogen and oxygen atoms in total. The van der Waals surface area contributed by atoms with Crippen LogP contribution < -0.4 is 9.47 Å². The number of hydrogen-bond donors (Lipinski definition) is 0. The highest BCUT2D eigenvalue weighted by Crippen LogP contribution is 2.41. The van der Waals surface area contributed by atoms with E-state index in [1.54, 1.807) is 44.2 Å². The van der Waals surface area contributed by atoms with Crippen molar-refractivity contribution in [1.82, 2.24) is 24.7 Å². The molecule has 3 aromatic rings. The third kappa shape index (κ3) is 5.60. The molecule has 0 unspecified atom stereocenters. The van der Waals surface area contributed by atoms with Crippen LogP contribution in [0.3, 0.4) is 0 Å². The number of fused-ring (bicyclic) bond motifs is 3. The van der Waals surface area contributed by atoms with E-state index < -0.39 is 21.2 Å². The summed E-state index contributed by atoms with van der Waals surface area (Å²) >= 11 is 0. The molecule has 200 valence electrons. The van der Waals surface area contributed by atoms with Gasteiger partial charge in [-0.25, -0.2) is 18.4 Å². The Labute approximate surface area is 217 Å². The molecule has 0 aliphatic carbocycles. The van der Waals surface area contributed by atoms with Gasteiger partial charge in [0.1, 0.15) is 24.3 Å². The van der Waals surface area contributed by atoms with E-state index in [4.69, 9.17) is 18.9 Å². The van der Waals surface area contributed by atoms with Crippen LogP contribution in [0.5, 0.6) is 11.5 Å². The lowest BCUT2D eigenvalue weighted by atomic mass is 10.1. The number of aromatic nitrogens is 5. The zero-order chi connectivity index (χ0) is 26.7. The first-order valence-electron chi connectivity index (χ1n) is 12.0. The Balaban J connectivity index is 1.73. The Morgan fingerprint density at radius 1 is 1.14 bits per heavy atom. The van der Waals surface area contributed by atoms with Gasteiger partial charge in [-0.3, -0.25) is 0 Å². The molecule has 0 bridgehead atoms. The molecule has 12 heteroatoms. The molecule has 3 heterocycles. The number of ether oxygens (including phenoxy) is 4. The normalized spacial score (nSPS) is 16.9. The van der Waals surface area contributed by atoms with Gasteiger partial charge < -0.3 is 23.5 Å². The van der Waals surface area contributed by atoms with Gasteiger partial charge in [0.2, 0.25) is 0 Å². The van der Waals surface area contributed by atoms with Crippen LogP contribution in [0.15, 0.2) is 30.6 Å². The standard InChI is InChI=1S/C25H33N5O6S/c1-15(2)36-22(24-26-10-16(3)11-27-24)17(4)37(31,32)14-21-28-29-25-19-8-7-9-20(34-6)23(19)35-13-18(12-33-5)30(21)25/h7-11,15,17-18,22H,12-14H2,1-6H3/t17-,18-,22+/m0/s1. The van der Waals surface area contributed by atoms with Crippen molar-refractivity contribution in [2.45, 2.75) is 56.9 Å². The minimum atomic E-state index is -3.79. The highest BCUT2D eigenvalue weighted by Gasteiger charge is 2.37. The largest absolute Gasteiger partial charge is 0.493 e. The number of rotatable bonds is 10. The van der Waals surface area contributed by atoms with E-state index in [9.17, 15) is 8.42 Å². The summed E-state index contributed by atoms with van der Waals surface area (Å²) < 4.78 is 52.3. The number of nitrogens with zero attached hydrogens (tertiary/aromatic N) is 5. The van der Waals surface area contributed by atoms with E-state index in [1.165, 1.54) is 0 Å². The van der Waals surface area contributed by atoms with Crippen molar-refractivity contribution in [3.05, 3.63) is 47.8 Å². The van der Waals surface area contributed by atoms with E-state index in [0.29, 0.717) is 28.7 Å². The van der Waals surface area contributed by atoms with Gasteiger partial charge in [-0.05, 0) is 45.4 Å². The van der Waals surface area contributed by atoms with Gasteiger partial charge in [0.25, 0.3) is 0 Å². The summed E-state index contributed by atoms with van der Waals surface area (Å²) in [5, 5.41) is 7.74. The fraction of sp³-hybridized carbons (Fsp3) is 0.520. The Morgan fingerprint density at radius 3 is 2.51 bits per heavy atom. The number of sulfone groups is 1. The third-order valence-corrected chi connectivity index (χ3v) is 8.19. The number of methoxy groups -OCH3 is 2. The maximum Gasteiger partial charge on any atom is 0.172 e. The van der Waals surface area contributed by atoms with Gasteiger partial charge in [0, 0.05) is 19.5 Å². The monoisotopic (exact) mass is 531 g/mol. The third-order valence-electron chi connectivity index (χ3n) is 6.15. The van der Waals surface area contributed by atoms with Crippen LogP contribution in [0.25, 0.3) is 11.4 Å². The lowest BCUT2D eigenvalue weighted by Crippen LogP contribution is -2.32. The first kappa shape index (κ1) is 27.0. The summed E-state index contributed by atoms with van der Waals surface area (Å²) in [6, 6.07) is 5.11. The van der Waals surface area contributed by atoms with E-state index >= 15 is 0 Å². The zero-order valence-electron chi connectivity index (χ0n) is 21.9. The number of para-hydroxylation sites is 1. The second-order valence-electron chi connectivity index (χ2n) is 9.30. The van der Waals surface area contributed by atoms with Gasteiger partial charge in [-0.15, -0.1) is 10.2 Å². The SMILES string of the molecule is COC[C@H]1COc2c(OC)cccc2-c2nnc(CS(=O)(=O)[C@@H](C)[C@@H](OC(C)C)c3ncc(C)cn3)n21. The molecule has 1 aliphatic rings. The Bertz CT molecular complexity index is 1330. The molecule has 3 atom stereocenters. The summed E-state index contributed by atoms with van der Waals surface area (Å²) in [5.41, 5.74) is 1.54. The summed E-state index contributed by atoms with van der Waals surface area (Å²) in [4.78, 5) is 8.69. The van der Waals surface area contributed by atoms with E-state index in [1.807, 2.05) is 32.9 Å². The number of hydrogen-bond acceptors (Lipinski definition) is 10. The lowest BCUT2D eigenvalue weighted by Gasteiger charge is -2.25. The molecule has 1 aliphatic heterocycles. The average molecular weight is 532 g/mol. The summed E-state index contributed by atoms with van der Waals surface area (Å²) in [7, 11) is -0.652. The molecule has 4 rings (SSSR count). The maximum absolute atomic E-state index is 13.7. The second kappa shape index (κ2) is 11.1. The van der Waals surface area contributed by atoms with Gasteiger partial charge in [-0.1, -0.05) is 6.07 Å². The van der Waals surface area contributed by atoms with Gasteiger partial charge in [-0.2, -0.15) is 0 Å². The maximum atomic E-state index is 13.7. The van der Waals surface area contributed by atoms with Crippen LogP contribution >= 0.6 is 0 Å². The first-order valence-corrected chi connectivity index (χ1v) is 13.8. The topological polar surface area (TPSA) is 128 Å². The molecule has 0 saturated heterocycles. The van der Waals surface area contributed by atoms with Crippen molar-refractivity contribution < 1.29 is 27.4 Å². The lowest BCUT2D eigenvalue weighted by molar-refractivity contribution is 0.00140. The van der Waals surface area contributed by atoms with Gasteiger partial charge in [0.15, 0.2) is 33.0 Å². The minimum absolute atomic E-state index is 0.227. The van der Waals surface area contributed by atoms with Crippen molar-refractivity contribution in [1.29, 1.82) is 0 Å². The van der Waals surface area contributed by atoms with Crippen LogP contribution in [-0.2, 0) is 25.1 Å². The molecule has 0 N–H and O–H groups in total. The zero-order valence-corrected chi connectivity index (χ0v) is 22.7. The van der Waals surface area contributed by atoms with Gasteiger partial charge >= 0.3 is 0 Å². The molecule has 0 saturated carbocycles. The molecule has 37 heavy (non-hydrogen) atoms. The molecule has 0 spiro atoms. The first-order chi connectivity index (χ1) is 17.7. The predicted octanol–water partition coefficient (Wildman–Crippen LogP) is 3.10. The van der Waals surface area contributed by atoms with E-state index in [0.717, 1.165) is 5.56 Å². The molecule has 0 amide bonds. The van der Waals surface area contributed by atoms with Crippen LogP contribution in [0.4, 0.5) is 0 Å². The van der Waals surface area contributed by atoms with Crippen molar-refractivity contribution in [3.8, 4) is 22.9 Å². The van der Waals surface area contributed by atoms with Crippen molar-refractivity contribution in [2.75, 3.05) is 27.4 Å². The summed E-state index contributed by atoms with van der Waals surface area (Å²) in [6.07, 6.45) is 2.22. The van der Waals surface area contributed by atoms with Crippen LogP contribution in [-0.4, -0.2) is 71.9 Å². The van der Waals surface area contributed by atoms with Crippen LogP contribution in [0, 0.1) is 6.92 Å². The summed E-state index contributed by atoms with van der Waals surface area (Å²) in [6.45, 7) is 7.68. The van der Waals surface area contributed by atoms with Crippen LogP contribution in [0.1, 0.15) is 50.1 Å². The molecule has 1 aromatic carbocycles.